The van der Waals surface area contributed by atoms with Gasteiger partial charge in [-0.3, -0.25) is 4.79 Å². The molecule has 0 aliphatic heterocycles. The van der Waals surface area contributed by atoms with Gasteiger partial charge >= 0.3 is 5.97 Å². The van der Waals surface area contributed by atoms with Gasteiger partial charge in [-0.05, 0) is 6.08 Å². The summed E-state index contributed by atoms with van der Waals surface area (Å²) in [6.07, 6.45) is 2.56. The van der Waals surface area contributed by atoms with E-state index in [4.69, 9.17) is 4.74 Å². The first kappa shape index (κ1) is 9.26. The molecule has 0 bridgehead atoms. The van der Waals surface area contributed by atoms with Gasteiger partial charge < -0.3 is 9.84 Å². The van der Waals surface area contributed by atoms with Crippen LogP contribution in [0.5, 0.6) is 0 Å². The molecule has 0 saturated heterocycles. The quantitative estimate of drug-likeness (QED) is 0.469. The molecular formula is C9H14O3. The zero-order valence-electron chi connectivity index (χ0n) is 7.57. The van der Waals surface area contributed by atoms with Crippen LogP contribution in [0.1, 0.15) is 20.8 Å². The lowest BCUT2D eigenvalue weighted by Gasteiger charge is -2.29. The topological polar surface area (TPSA) is 46.5 Å². The normalized spacial score (nSPS) is 32.0. The van der Waals surface area contributed by atoms with Crippen LogP contribution >= 0.6 is 0 Å². The molecule has 0 aromatic carbocycles. The molecule has 1 aliphatic carbocycles. The van der Waals surface area contributed by atoms with Gasteiger partial charge in [-0.1, -0.05) is 19.9 Å². The van der Waals surface area contributed by atoms with Crippen LogP contribution in [0.25, 0.3) is 0 Å². The SMILES string of the molecule is CC(=O)OC1C=CC(O)C1(C)C. The van der Waals surface area contributed by atoms with Crippen molar-refractivity contribution in [3.05, 3.63) is 12.2 Å². The van der Waals surface area contributed by atoms with Crippen LogP contribution in [0.3, 0.4) is 0 Å². The van der Waals surface area contributed by atoms with Crippen molar-refractivity contribution in [2.75, 3.05) is 0 Å². The molecule has 0 saturated carbocycles. The van der Waals surface area contributed by atoms with E-state index in [0.717, 1.165) is 0 Å². The summed E-state index contributed by atoms with van der Waals surface area (Å²) in [7, 11) is 0. The molecule has 0 amide bonds. The Hall–Kier alpha value is -0.830. The summed E-state index contributed by atoms with van der Waals surface area (Å²) in [5.41, 5.74) is -0.397. The fourth-order valence-corrected chi connectivity index (χ4v) is 1.24. The van der Waals surface area contributed by atoms with E-state index in [9.17, 15) is 9.90 Å². The average Bonchev–Trinajstić information content (AvgIpc) is 2.15. The van der Waals surface area contributed by atoms with Gasteiger partial charge in [0.05, 0.1) is 6.10 Å². The lowest BCUT2D eigenvalue weighted by molar-refractivity contribution is -0.150. The lowest BCUT2D eigenvalue weighted by atomic mass is 9.86. The summed E-state index contributed by atoms with van der Waals surface area (Å²) < 4.78 is 5.01. The van der Waals surface area contributed by atoms with Crippen molar-refractivity contribution in [1.82, 2.24) is 0 Å². The predicted molar refractivity (Wildman–Crippen MR) is 44.5 cm³/mol. The molecule has 2 atom stereocenters. The number of rotatable bonds is 1. The molecule has 12 heavy (non-hydrogen) atoms. The highest BCUT2D eigenvalue weighted by Crippen LogP contribution is 2.34. The maximum Gasteiger partial charge on any atom is 0.303 e. The van der Waals surface area contributed by atoms with Crippen molar-refractivity contribution in [2.45, 2.75) is 33.0 Å². The molecule has 0 fully saturated rings. The maximum absolute atomic E-state index is 10.7. The third-order valence-corrected chi connectivity index (χ3v) is 2.26. The molecular weight excluding hydrogens is 156 g/mol. The van der Waals surface area contributed by atoms with Crippen molar-refractivity contribution >= 4 is 5.97 Å². The smallest absolute Gasteiger partial charge is 0.303 e. The lowest BCUT2D eigenvalue weighted by Crippen LogP contribution is -2.36. The summed E-state index contributed by atoms with van der Waals surface area (Å²) in [4.78, 5) is 10.7. The Bertz CT molecular complexity index is 218. The number of carbonyl (C=O) groups is 1. The van der Waals surface area contributed by atoms with Crippen molar-refractivity contribution in [3.63, 3.8) is 0 Å². The summed E-state index contributed by atoms with van der Waals surface area (Å²) >= 11 is 0. The zero-order valence-corrected chi connectivity index (χ0v) is 7.57. The number of carbonyl (C=O) groups excluding carboxylic acids is 1. The third-order valence-electron chi connectivity index (χ3n) is 2.26. The Morgan fingerprint density at radius 1 is 1.50 bits per heavy atom. The Morgan fingerprint density at radius 3 is 2.42 bits per heavy atom. The van der Waals surface area contributed by atoms with E-state index in [1.165, 1.54) is 6.92 Å². The van der Waals surface area contributed by atoms with E-state index in [1.807, 2.05) is 13.8 Å². The fraction of sp³-hybridized carbons (Fsp3) is 0.667. The van der Waals surface area contributed by atoms with Crippen LogP contribution in [-0.2, 0) is 9.53 Å². The molecule has 0 aromatic heterocycles. The van der Waals surface area contributed by atoms with Gasteiger partial charge in [0.15, 0.2) is 0 Å². The van der Waals surface area contributed by atoms with E-state index in [2.05, 4.69) is 0 Å². The Labute approximate surface area is 72.0 Å². The largest absolute Gasteiger partial charge is 0.458 e. The predicted octanol–water partition coefficient (Wildman–Crippen LogP) is 0.875. The summed E-state index contributed by atoms with van der Waals surface area (Å²) in [6.45, 7) is 5.10. The number of hydrogen-bond acceptors (Lipinski definition) is 3. The highest BCUT2D eigenvalue weighted by molar-refractivity contribution is 5.66. The van der Waals surface area contributed by atoms with Crippen molar-refractivity contribution in [1.29, 1.82) is 0 Å². The molecule has 3 nitrogen and oxygen atoms in total. The highest BCUT2D eigenvalue weighted by Gasteiger charge is 2.40. The van der Waals surface area contributed by atoms with Gasteiger partial charge in [-0.25, -0.2) is 0 Å². The first-order chi connectivity index (χ1) is 5.44. The Kier molecular flexibility index (Phi) is 2.24. The number of hydrogen-bond donors (Lipinski definition) is 1. The number of aliphatic hydroxyl groups excluding tert-OH is 1. The fourth-order valence-electron chi connectivity index (χ4n) is 1.24. The Morgan fingerprint density at radius 2 is 2.08 bits per heavy atom. The first-order valence-corrected chi connectivity index (χ1v) is 3.98. The van der Waals surface area contributed by atoms with Gasteiger partial charge in [-0.15, -0.1) is 0 Å². The van der Waals surface area contributed by atoms with Crippen LogP contribution in [0.4, 0.5) is 0 Å². The average molecular weight is 170 g/mol. The van der Waals surface area contributed by atoms with E-state index in [1.54, 1.807) is 12.2 Å². The molecule has 3 heteroatoms. The summed E-state index contributed by atoms with van der Waals surface area (Å²) in [5, 5.41) is 9.46. The maximum atomic E-state index is 10.7. The minimum atomic E-state index is -0.526. The molecule has 2 unspecified atom stereocenters. The molecule has 0 radical (unpaired) electrons. The highest BCUT2D eigenvalue weighted by atomic mass is 16.5. The monoisotopic (exact) mass is 170 g/mol. The molecule has 68 valence electrons. The second-order valence-corrected chi connectivity index (χ2v) is 3.68. The molecule has 0 spiro atoms. The van der Waals surface area contributed by atoms with E-state index >= 15 is 0 Å². The van der Waals surface area contributed by atoms with Crippen molar-refractivity contribution < 1.29 is 14.6 Å². The van der Waals surface area contributed by atoms with Gasteiger partial charge in [0.25, 0.3) is 0 Å². The van der Waals surface area contributed by atoms with E-state index in [-0.39, 0.29) is 12.1 Å². The summed E-state index contributed by atoms with van der Waals surface area (Å²) in [6, 6.07) is 0. The van der Waals surface area contributed by atoms with Gasteiger partial charge in [0, 0.05) is 12.3 Å². The standard InChI is InChI=1S/C9H14O3/c1-6(10)12-8-5-4-7(11)9(8,2)3/h4-5,7-8,11H,1-3H3. The van der Waals surface area contributed by atoms with Crippen LogP contribution in [0.2, 0.25) is 0 Å². The van der Waals surface area contributed by atoms with Crippen LogP contribution in [0, 0.1) is 5.41 Å². The Balaban J connectivity index is 2.68. The minimum Gasteiger partial charge on any atom is -0.458 e. The summed E-state index contributed by atoms with van der Waals surface area (Å²) in [5.74, 6) is -0.313. The van der Waals surface area contributed by atoms with E-state index in [0.29, 0.717) is 0 Å². The molecule has 1 aliphatic rings. The van der Waals surface area contributed by atoms with Gasteiger partial charge in [0.1, 0.15) is 6.10 Å². The van der Waals surface area contributed by atoms with Gasteiger partial charge in [0.2, 0.25) is 0 Å². The number of aliphatic hydroxyl groups is 1. The second kappa shape index (κ2) is 2.90. The first-order valence-electron chi connectivity index (χ1n) is 3.98. The van der Waals surface area contributed by atoms with Crippen molar-refractivity contribution in [2.24, 2.45) is 5.41 Å². The van der Waals surface area contributed by atoms with Crippen LogP contribution < -0.4 is 0 Å². The molecule has 1 rings (SSSR count). The minimum absolute atomic E-state index is 0.301. The third kappa shape index (κ3) is 1.50. The van der Waals surface area contributed by atoms with Crippen molar-refractivity contribution in [3.8, 4) is 0 Å². The molecule has 0 heterocycles. The molecule has 0 aromatic rings. The van der Waals surface area contributed by atoms with E-state index < -0.39 is 11.5 Å². The second-order valence-electron chi connectivity index (χ2n) is 3.68. The molecule has 1 N–H and O–H groups in total. The number of esters is 1. The van der Waals surface area contributed by atoms with Crippen LogP contribution in [-0.4, -0.2) is 23.3 Å². The zero-order chi connectivity index (χ0) is 9.35. The van der Waals surface area contributed by atoms with Gasteiger partial charge in [-0.2, -0.15) is 0 Å². The number of ether oxygens (including phenoxy) is 1. The van der Waals surface area contributed by atoms with Crippen LogP contribution in [0.15, 0.2) is 12.2 Å².